The summed E-state index contributed by atoms with van der Waals surface area (Å²) in [6.45, 7) is 6.05. The highest BCUT2D eigenvalue weighted by molar-refractivity contribution is 7.98. The Balaban J connectivity index is 1.85. The Hall–Kier alpha value is -2.08. The third kappa shape index (κ3) is 2.92. The third-order valence-electron chi connectivity index (χ3n) is 3.39. The van der Waals surface area contributed by atoms with Crippen LogP contribution in [0.3, 0.4) is 0 Å². The monoisotopic (exact) mass is 314 g/mol. The van der Waals surface area contributed by atoms with Crippen molar-refractivity contribution in [2.75, 3.05) is 7.11 Å². The predicted molar refractivity (Wildman–Crippen MR) is 87.5 cm³/mol. The van der Waals surface area contributed by atoms with E-state index >= 15 is 0 Å². The lowest BCUT2D eigenvalue weighted by Gasteiger charge is -2.07. The van der Waals surface area contributed by atoms with Gasteiger partial charge in [0.15, 0.2) is 0 Å². The molecule has 2 heterocycles. The van der Waals surface area contributed by atoms with E-state index in [-0.39, 0.29) is 0 Å². The van der Waals surface area contributed by atoms with Crippen LogP contribution in [0.15, 0.2) is 29.4 Å². The van der Waals surface area contributed by atoms with Gasteiger partial charge in [-0.05, 0) is 32.9 Å². The molecular weight excluding hydrogens is 296 g/mol. The van der Waals surface area contributed by atoms with Crippen LogP contribution in [0.25, 0.3) is 5.78 Å². The van der Waals surface area contributed by atoms with Crippen molar-refractivity contribution in [2.45, 2.75) is 31.7 Å². The minimum absolute atomic E-state index is 0.649. The molecule has 0 N–H and O–H groups in total. The first-order valence-corrected chi connectivity index (χ1v) is 8.02. The number of hydrogen-bond acceptors (Lipinski definition) is 5. The van der Waals surface area contributed by atoms with Crippen LogP contribution in [0.1, 0.15) is 22.5 Å². The van der Waals surface area contributed by atoms with Gasteiger partial charge in [0.05, 0.1) is 7.11 Å². The molecule has 0 amide bonds. The molecular formula is C16H18N4OS. The third-order valence-corrected chi connectivity index (χ3v) is 4.28. The zero-order valence-electron chi connectivity index (χ0n) is 13.1. The van der Waals surface area contributed by atoms with Crippen LogP contribution in [0.2, 0.25) is 0 Å². The summed E-state index contributed by atoms with van der Waals surface area (Å²) in [5.41, 5.74) is 4.35. The average Bonchev–Trinajstić information content (AvgIpc) is 2.88. The van der Waals surface area contributed by atoms with Crippen LogP contribution in [-0.4, -0.2) is 26.7 Å². The van der Waals surface area contributed by atoms with Gasteiger partial charge in [-0.2, -0.15) is 4.98 Å². The maximum absolute atomic E-state index is 5.41. The lowest BCUT2D eigenvalue weighted by atomic mass is 10.1. The predicted octanol–water partition coefficient (Wildman–Crippen LogP) is 3.35. The second kappa shape index (κ2) is 5.96. The van der Waals surface area contributed by atoms with Crippen LogP contribution in [0.5, 0.6) is 5.75 Å². The Morgan fingerprint density at radius 1 is 1.14 bits per heavy atom. The van der Waals surface area contributed by atoms with E-state index in [1.807, 2.05) is 32.0 Å². The summed E-state index contributed by atoms with van der Waals surface area (Å²) >= 11 is 1.59. The summed E-state index contributed by atoms with van der Waals surface area (Å²) in [5.74, 6) is 2.31. The van der Waals surface area contributed by atoms with E-state index in [9.17, 15) is 0 Å². The molecule has 114 valence electrons. The molecule has 0 aliphatic rings. The molecule has 0 radical (unpaired) electrons. The summed E-state index contributed by atoms with van der Waals surface area (Å²) < 4.78 is 7.19. The lowest BCUT2D eigenvalue weighted by molar-refractivity contribution is 0.411. The first-order valence-electron chi connectivity index (χ1n) is 7.04. The Kier molecular flexibility index (Phi) is 4.02. The van der Waals surface area contributed by atoms with Gasteiger partial charge in [-0.25, -0.2) is 9.50 Å². The Morgan fingerprint density at radius 3 is 2.73 bits per heavy atom. The number of nitrogens with zero attached hydrogens (tertiary/aromatic N) is 4. The fourth-order valence-corrected chi connectivity index (χ4v) is 3.17. The molecule has 0 fully saturated rings. The van der Waals surface area contributed by atoms with E-state index < -0.39 is 0 Å². The standard InChI is InChI=1S/C16H18N4OS/c1-10-5-6-14(21-4)13(7-10)9-22-16-18-15-17-11(2)8-12(3)20(15)19-16/h5-8H,9H2,1-4H3. The van der Waals surface area contributed by atoms with Crippen molar-refractivity contribution in [1.82, 2.24) is 19.6 Å². The second-order valence-electron chi connectivity index (χ2n) is 5.25. The van der Waals surface area contributed by atoms with Crippen molar-refractivity contribution in [1.29, 1.82) is 0 Å². The molecule has 3 aromatic rings. The summed E-state index contributed by atoms with van der Waals surface area (Å²) in [5, 5.41) is 5.24. The zero-order valence-corrected chi connectivity index (χ0v) is 13.9. The average molecular weight is 314 g/mol. The topological polar surface area (TPSA) is 52.3 Å². The van der Waals surface area contributed by atoms with Crippen molar-refractivity contribution < 1.29 is 4.74 Å². The summed E-state index contributed by atoms with van der Waals surface area (Å²) in [6.07, 6.45) is 0. The largest absolute Gasteiger partial charge is 0.496 e. The van der Waals surface area contributed by atoms with Crippen molar-refractivity contribution in [3.63, 3.8) is 0 Å². The first kappa shape index (κ1) is 14.8. The maximum atomic E-state index is 5.41. The van der Waals surface area contributed by atoms with Crippen molar-refractivity contribution >= 4 is 17.5 Å². The Labute approximate surface area is 133 Å². The van der Waals surface area contributed by atoms with E-state index in [2.05, 4.69) is 28.1 Å². The molecule has 2 aromatic heterocycles. The normalized spacial score (nSPS) is 11.1. The molecule has 22 heavy (non-hydrogen) atoms. The molecule has 0 unspecified atom stereocenters. The number of rotatable bonds is 4. The summed E-state index contributed by atoms with van der Waals surface area (Å²) in [4.78, 5) is 8.90. The zero-order chi connectivity index (χ0) is 15.7. The van der Waals surface area contributed by atoms with E-state index in [1.165, 1.54) is 5.56 Å². The number of aromatic nitrogens is 4. The van der Waals surface area contributed by atoms with Gasteiger partial charge in [-0.3, -0.25) is 0 Å². The molecule has 0 bridgehead atoms. The van der Waals surface area contributed by atoms with Crippen molar-refractivity contribution in [3.8, 4) is 5.75 Å². The minimum Gasteiger partial charge on any atom is -0.496 e. The van der Waals surface area contributed by atoms with Crippen molar-refractivity contribution in [2.24, 2.45) is 0 Å². The fraction of sp³-hybridized carbons (Fsp3) is 0.312. The van der Waals surface area contributed by atoms with E-state index in [0.717, 1.165) is 33.6 Å². The number of methoxy groups -OCH3 is 1. The highest BCUT2D eigenvalue weighted by atomic mass is 32.2. The summed E-state index contributed by atoms with van der Waals surface area (Å²) in [7, 11) is 1.69. The van der Waals surface area contributed by atoms with Crippen molar-refractivity contribution in [3.05, 3.63) is 46.8 Å². The number of benzene rings is 1. The first-order chi connectivity index (χ1) is 10.6. The van der Waals surface area contributed by atoms with Gasteiger partial charge in [0.1, 0.15) is 5.75 Å². The van der Waals surface area contributed by atoms with E-state index in [1.54, 1.807) is 23.4 Å². The van der Waals surface area contributed by atoms with E-state index in [0.29, 0.717) is 5.78 Å². The van der Waals surface area contributed by atoms with Gasteiger partial charge in [-0.1, -0.05) is 29.5 Å². The molecule has 0 saturated heterocycles. The molecule has 1 aromatic carbocycles. The van der Waals surface area contributed by atoms with Crippen LogP contribution in [-0.2, 0) is 5.75 Å². The molecule has 6 heteroatoms. The van der Waals surface area contributed by atoms with Gasteiger partial charge < -0.3 is 4.74 Å². The molecule has 0 aliphatic heterocycles. The van der Waals surface area contributed by atoms with Crippen LogP contribution in [0, 0.1) is 20.8 Å². The van der Waals surface area contributed by atoms with Gasteiger partial charge >= 0.3 is 0 Å². The van der Waals surface area contributed by atoms with Crippen LogP contribution in [0.4, 0.5) is 0 Å². The molecule has 5 nitrogen and oxygen atoms in total. The second-order valence-corrected chi connectivity index (χ2v) is 6.19. The van der Waals surface area contributed by atoms with Crippen LogP contribution >= 0.6 is 11.8 Å². The van der Waals surface area contributed by atoms with Gasteiger partial charge in [0.2, 0.25) is 5.16 Å². The number of hydrogen-bond donors (Lipinski definition) is 0. The molecule has 0 spiro atoms. The Bertz CT molecular complexity index is 828. The molecule has 3 rings (SSSR count). The Morgan fingerprint density at radius 2 is 1.95 bits per heavy atom. The highest BCUT2D eigenvalue weighted by Crippen LogP contribution is 2.27. The fourth-order valence-electron chi connectivity index (χ4n) is 2.37. The SMILES string of the molecule is COc1ccc(C)cc1CSc1nc2nc(C)cc(C)n2n1. The maximum Gasteiger partial charge on any atom is 0.253 e. The van der Waals surface area contributed by atoms with Gasteiger partial charge in [0, 0.05) is 22.7 Å². The lowest BCUT2D eigenvalue weighted by Crippen LogP contribution is -1.97. The van der Waals surface area contributed by atoms with Gasteiger partial charge in [-0.15, -0.1) is 5.10 Å². The minimum atomic E-state index is 0.649. The number of ether oxygens (including phenoxy) is 1. The van der Waals surface area contributed by atoms with Crippen LogP contribution < -0.4 is 4.74 Å². The number of thioether (sulfide) groups is 1. The molecule has 0 saturated carbocycles. The highest BCUT2D eigenvalue weighted by Gasteiger charge is 2.10. The smallest absolute Gasteiger partial charge is 0.253 e. The van der Waals surface area contributed by atoms with E-state index in [4.69, 9.17) is 4.74 Å². The number of fused-ring (bicyclic) bond motifs is 1. The number of aryl methyl sites for hydroxylation is 3. The molecule has 0 atom stereocenters. The summed E-state index contributed by atoms with van der Waals surface area (Å²) in [6, 6.07) is 8.18. The van der Waals surface area contributed by atoms with Gasteiger partial charge in [0.25, 0.3) is 5.78 Å². The quantitative estimate of drug-likeness (QED) is 0.691. The molecule has 0 aliphatic carbocycles.